The molecule has 1 aliphatic carbocycles. The van der Waals surface area contributed by atoms with Crippen LogP contribution in [0.2, 0.25) is 0 Å². The lowest BCUT2D eigenvalue weighted by Crippen LogP contribution is -2.46. The van der Waals surface area contributed by atoms with Crippen LogP contribution in [-0.4, -0.2) is 52.5 Å². The second-order valence-electron chi connectivity index (χ2n) is 6.97. The third kappa shape index (κ3) is 2.51. The summed E-state index contributed by atoms with van der Waals surface area (Å²) in [6.07, 6.45) is 4.91. The van der Waals surface area contributed by atoms with Gasteiger partial charge in [-0.3, -0.25) is 14.7 Å². The molecule has 2 atom stereocenters. The Balaban J connectivity index is 1.38. The van der Waals surface area contributed by atoms with E-state index in [-0.39, 0.29) is 11.8 Å². The maximum atomic E-state index is 13.0. The zero-order valence-electron chi connectivity index (χ0n) is 12.7. The number of aromatic nitrogens is 1. The van der Waals surface area contributed by atoms with Gasteiger partial charge >= 0.3 is 0 Å². The van der Waals surface area contributed by atoms with Crippen molar-refractivity contribution in [2.75, 3.05) is 19.6 Å². The van der Waals surface area contributed by atoms with Crippen LogP contribution < -0.4 is 0 Å². The first-order valence-electron chi connectivity index (χ1n) is 8.26. The Kier molecular flexibility index (Phi) is 3.60. The highest BCUT2D eigenvalue weighted by Crippen LogP contribution is 2.37. The standard InChI is InChI=1S/C17H22FN3O/c18-15-6-14(7-15)17(22)21-5-3-13-10-20(11-16(13)21)9-12-2-1-4-19-8-12/h1-2,4,8,13-16H,3,5-7,9-11H2/t13-,14?,15?,16+/m0/s1. The van der Waals surface area contributed by atoms with Crippen molar-refractivity contribution in [2.45, 2.75) is 38.0 Å². The molecule has 5 heteroatoms. The van der Waals surface area contributed by atoms with E-state index in [1.807, 2.05) is 17.2 Å². The molecule has 4 nitrogen and oxygen atoms in total. The minimum absolute atomic E-state index is 0.0545. The van der Waals surface area contributed by atoms with E-state index in [0.29, 0.717) is 24.8 Å². The summed E-state index contributed by atoms with van der Waals surface area (Å²) in [5.74, 6) is 0.729. The van der Waals surface area contributed by atoms with Gasteiger partial charge in [0.2, 0.25) is 5.91 Å². The topological polar surface area (TPSA) is 36.4 Å². The van der Waals surface area contributed by atoms with E-state index in [2.05, 4.69) is 16.0 Å². The number of fused-ring (bicyclic) bond motifs is 1. The van der Waals surface area contributed by atoms with Crippen LogP contribution in [0.25, 0.3) is 0 Å². The lowest BCUT2D eigenvalue weighted by atomic mass is 9.82. The van der Waals surface area contributed by atoms with Gasteiger partial charge in [-0.15, -0.1) is 0 Å². The summed E-state index contributed by atoms with van der Waals surface area (Å²) in [5, 5.41) is 0. The Labute approximate surface area is 130 Å². The zero-order valence-corrected chi connectivity index (χ0v) is 12.7. The van der Waals surface area contributed by atoms with Crippen LogP contribution in [0.1, 0.15) is 24.8 Å². The molecule has 1 amide bonds. The number of carbonyl (C=O) groups excluding carboxylic acids is 1. The van der Waals surface area contributed by atoms with Crippen LogP contribution in [0.15, 0.2) is 24.5 Å². The van der Waals surface area contributed by atoms with Gasteiger partial charge in [-0.05, 0) is 36.8 Å². The van der Waals surface area contributed by atoms with Crippen molar-refractivity contribution in [3.8, 4) is 0 Å². The summed E-state index contributed by atoms with van der Waals surface area (Å²) in [4.78, 5) is 21.1. The van der Waals surface area contributed by atoms with Gasteiger partial charge in [0.15, 0.2) is 0 Å². The molecule has 0 spiro atoms. The van der Waals surface area contributed by atoms with E-state index < -0.39 is 6.17 Å². The van der Waals surface area contributed by atoms with Crippen LogP contribution in [0.4, 0.5) is 4.39 Å². The third-order valence-corrected chi connectivity index (χ3v) is 5.47. The lowest BCUT2D eigenvalue weighted by molar-refractivity contribution is -0.141. The maximum Gasteiger partial charge on any atom is 0.226 e. The largest absolute Gasteiger partial charge is 0.338 e. The van der Waals surface area contributed by atoms with Crippen molar-refractivity contribution in [1.29, 1.82) is 0 Å². The Morgan fingerprint density at radius 3 is 2.95 bits per heavy atom. The SMILES string of the molecule is O=C(C1CC(F)C1)N1CC[C@H]2CN(Cc3cccnc3)C[C@H]21. The molecule has 0 unspecified atom stereocenters. The van der Waals surface area contributed by atoms with Crippen molar-refractivity contribution < 1.29 is 9.18 Å². The van der Waals surface area contributed by atoms with Gasteiger partial charge in [0.25, 0.3) is 0 Å². The van der Waals surface area contributed by atoms with E-state index in [9.17, 15) is 9.18 Å². The summed E-state index contributed by atoms with van der Waals surface area (Å²) in [6.45, 7) is 3.76. The average molecular weight is 303 g/mol. The van der Waals surface area contributed by atoms with E-state index in [1.165, 1.54) is 5.56 Å². The summed E-state index contributed by atoms with van der Waals surface area (Å²) < 4.78 is 13.0. The normalized spacial score (nSPS) is 34.5. The number of likely N-dealkylation sites (tertiary alicyclic amines) is 2. The molecule has 22 heavy (non-hydrogen) atoms. The Morgan fingerprint density at radius 2 is 2.23 bits per heavy atom. The van der Waals surface area contributed by atoms with Crippen LogP contribution >= 0.6 is 0 Å². The molecule has 0 N–H and O–H groups in total. The molecule has 1 saturated carbocycles. The molecule has 0 aromatic carbocycles. The third-order valence-electron chi connectivity index (χ3n) is 5.47. The van der Waals surface area contributed by atoms with Gasteiger partial charge in [-0.1, -0.05) is 6.07 Å². The van der Waals surface area contributed by atoms with Gasteiger partial charge < -0.3 is 4.90 Å². The number of hydrogen-bond donors (Lipinski definition) is 0. The monoisotopic (exact) mass is 303 g/mol. The number of carbonyl (C=O) groups is 1. The fourth-order valence-corrected chi connectivity index (χ4v) is 4.19. The Hall–Kier alpha value is -1.49. The van der Waals surface area contributed by atoms with E-state index in [4.69, 9.17) is 0 Å². The molecule has 0 radical (unpaired) electrons. The van der Waals surface area contributed by atoms with Gasteiger partial charge in [-0.2, -0.15) is 0 Å². The molecule has 1 aromatic rings. The van der Waals surface area contributed by atoms with Crippen molar-refractivity contribution in [3.63, 3.8) is 0 Å². The van der Waals surface area contributed by atoms with Gasteiger partial charge in [0.05, 0.1) is 0 Å². The van der Waals surface area contributed by atoms with Crippen molar-refractivity contribution in [3.05, 3.63) is 30.1 Å². The maximum absolute atomic E-state index is 13.0. The molecule has 2 aliphatic heterocycles. The molecule has 2 saturated heterocycles. The molecule has 118 valence electrons. The van der Waals surface area contributed by atoms with Gasteiger partial charge in [-0.25, -0.2) is 4.39 Å². The first-order valence-corrected chi connectivity index (χ1v) is 8.26. The van der Waals surface area contributed by atoms with Crippen LogP contribution in [0, 0.1) is 11.8 Å². The predicted octanol–water partition coefficient (Wildman–Crippen LogP) is 1.86. The highest BCUT2D eigenvalue weighted by atomic mass is 19.1. The van der Waals surface area contributed by atoms with Gasteiger partial charge in [0.1, 0.15) is 6.17 Å². The summed E-state index contributed by atoms with van der Waals surface area (Å²) in [5.41, 5.74) is 1.22. The highest BCUT2D eigenvalue weighted by Gasteiger charge is 2.46. The molecular weight excluding hydrogens is 281 g/mol. The van der Waals surface area contributed by atoms with Crippen molar-refractivity contribution in [1.82, 2.24) is 14.8 Å². The number of hydrogen-bond acceptors (Lipinski definition) is 3. The number of nitrogens with zero attached hydrogens (tertiary/aromatic N) is 3. The first kappa shape index (κ1) is 14.1. The Bertz CT molecular complexity index is 546. The van der Waals surface area contributed by atoms with E-state index in [0.717, 1.165) is 32.6 Å². The van der Waals surface area contributed by atoms with Crippen molar-refractivity contribution >= 4 is 5.91 Å². The number of alkyl halides is 1. The summed E-state index contributed by atoms with van der Waals surface area (Å²) >= 11 is 0. The lowest BCUT2D eigenvalue weighted by Gasteiger charge is -2.34. The fraction of sp³-hybridized carbons (Fsp3) is 0.647. The average Bonchev–Trinajstić information content (AvgIpc) is 3.04. The fourth-order valence-electron chi connectivity index (χ4n) is 4.19. The van der Waals surface area contributed by atoms with E-state index >= 15 is 0 Å². The molecule has 3 fully saturated rings. The second-order valence-corrected chi connectivity index (χ2v) is 6.97. The van der Waals surface area contributed by atoms with Crippen LogP contribution in [0.5, 0.6) is 0 Å². The van der Waals surface area contributed by atoms with Crippen molar-refractivity contribution in [2.24, 2.45) is 11.8 Å². The first-order chi connectivity index (χ1) is 10.7. The quantitative estimate of drug-likeness (QED) is 0.855. The molecule has 0 bridgehead atoms. The molecular formula is C17H22FN3O. The molecule has 1 aromatic heterocycles. The van der Waals surface area contributed by atoms with Gasteiger partial charge in [0, 0.05) is 50.5 Å². The summed E-state index contributed by atoms with van der Waals surface area (Å²) in [6, 6.07) is 4.40. The molecule has 3 aliphatic rings. The number of halogens is 1. The van der Waals surface area contributed by atoms with E-state index in [1.54, 1.807) is 6.20 Å². The smallest absolute Gasteiger partial charge is 0.226 e. The Morgan fingerprint density at radius 1 is 1.36 bits per heavy atom. The molecule has 3 heterocycles. The number of rotatable bonds is 3. The molecule has 4 rings (SSSR count). The predicted molar refractivity (Wildman–Crippen MR) is 80.7 cm³/mol. The minimum atomic E-state index is -0.752. The summed E-state index contributed by atoms with van der Waals surface area (Å²) in [7, 11) is 0. The second kappa shape index (κ2) is 5.61. The number of pyridine rings is 1. The van der Waals surface area contributed by atoms with Crippen LogP contribution in [-0.2, 0) is 11.3 Å². The highest BCUT2D eigenvalue weighted by molar-refractivity contribution is 5.80. The minimum Gasteiger partial charge on any atom is -0.338 e. The zero-order chi connectivity index (χ0) is 15.1. The van der Waals surface area contributed by atoms with Crippen LogP contribution in [0.3, 0.4) is 0 Å². The number of amides is 1.